The van der Waals surface area contributed by atoms with Gasteiger partial charge in [-0.05, 0) is 31.0 Å². The highest BCUT2D eigenvalue weighted by atomic mass is 32.3. The zero-order chi connectivity index (χ0) is 14.8. The molecule has 0 aliphatic carbocycles. The quantitative estimate of drug-likeness (QED) is 0.457. The molecule has 0 aliphatic heterocycles. The molecule has 2 aromatic rings. The number of aromatic nitrogens is 1. The lowest BCUT2D eigenvalue weighted by Gasteiger charge is -1.98. The number of fused-ring (bicyclic) bond motifs is 1. The van der Waals surface area contributed by atoms with Crippen LogP contribution in [0.5, 0.6) is 0 Å². The minimum absolute atomic E-state index is 0.808. The van der Waals surface area contributed by atoms with E-state index in [0.717, 1.165) is 7.11 Å². The summed E-state index contributed by atoms with van der Waals surface area (Å²) in [4.78, 5) is 0. The molecule has 0 saturated carbocycles. The lowest BCUT2D eigenvalue weighted by atomic mass is 10.1. The third-order valence-corrected chi connectivity index (χ3v) is 4.40. The molecule has 0 atom stereocenters. The van der Waals surface area contributed by atoms with Crippen molar-refractivity contribution in [2.24, 2.45) is 7.05 Å². The predicted molar refractivity (Wildman–Crippen MR) is 73.9 cm³/mol. The van der Waals surface area contributed by atoms with E-state index < -0.39 is 10.4 Å². The second-order valence-corrected chi connectivity index (χ2v) is 6.54. The number of aryl methyl sites for hydroxylation is 4. The van der Waals surface area contributed by atoms with Gasteiger partial charge < -0.3 is 4.55 Å². The maximum absolute atomic E-state index is 9.22. The smallest absolute Gasteiger partial charge is 0.234 e. The lowest BCUT2D eigenvalue weighted by Crippen LogP contribution is -2.28. The van der Waals surface area contributed by atoms with E-state index in [-0.39, 0.29) is 0 Å². The summed E-state index contributed by atoms with van der Waals surface area (Å²) in [5.41, 5.74) is 4.11. The van der Waals surface area contributed by atoms with Crippen LogP contribution in [0.15, 0.2) is 12.1 Å². The van der Waals surface area contributed by atoms with Crippen molar-refractivity contribution in [2.75, 3.05) is 7.11 Å². The third kappa shape index (κ3) is 4.24. The Morgan fingerprint density at radius 1 is 1.21 bits per heavy atom. The zero-order valence-corrected chi connectivity index (χ0v) is 13.2. The van der Waals surface area contributed by atoms with Crippen LogP contribution in [-0.4, -0.2) is 20.1 Å². The van der Waals surface area contributed by atoms with Gasteiger partial charge in [0.05, 0.1) is 7.11 Å². The van der Waals surface area contributed by atoms with Gasteiger partial charge in [-0.25, -0.2) is 8.42 Å². The molecule has 5 nitrogen and oxygen atoms in total. The summed E-state index contributed by atoms with van der Waals surface area (Å²) in [6, 6.07) is 4.55. The van der Waals surface area contributed by atoms with Crippen molar-refractivity contribution in [3.05, 3.63) is 28.3 Å². The number of thiazole rings is 1. The summed E-state index contributed by atoms with van der Waals surface area (Å²) in [7, 11) is -1.48. The fourth-order valence-corrected chi connectivity index (χ4v) is 2.61. The van der Waals surface area contributed by atoms with Crippen LogP contribution >= 0.6 is 11.3 Å². The maximum atomic E-state index is 9.22. The van der Waals surface area contributed by atoms with Gasteiger partial charge in [0, 0.05) is 13.0 Å². The van der Waals surface area contributed by atoms with Crippen LogP contribution in [0.1, 0.15) is 16.1 Å². The fourth-order valence-electron chi connectivity index (χ4n) is 1.52. The van der Waals surface area contributed by atoms with E-state index in [1.807, 2.05) is 11.3 Å². The van der Waals surface area contributed by atoms with Crippen LogP contribution in [0.25, 0.3) is 10.2 Å². The summed E-state index contributed by atoms with van der Waals surface area (Å²) in [6.07, 6.45) is 0. The molecule has 0 unspecified atom stereocenters. The largest absolute Gasteiger partial charge is 0.726 e. The molecule has 0 amide bonds. The van der Waals surface area contributed by atoms with Gasteiger partial charge in [-0.3, -0.25) is 4.18 Å². The van der Waals surface area contributed by atoms with Crippen molar-refractivity contribution in [3.8, 4) is 0 Å². The number of rotatable bonds is 1. The molecule has 0 saturated heterocycles. The van der Waals surface area contributed by atoms with Crippen molar-refractivity contribution < 1.29 is 21.7 Å². The third-order valence-electron chi connectivity index (χ3n) is 2.87. The molecular weight excluding hydrogens is 286 g/mol. The van der Waals surface area contributed by atoms with Gasteiger partial charge in [0.15, 0.2) is 0 Å². The highest BCUT2D eigenvalue weighted by Crippen LogP contribution is 2.22. The average molecular weight is 303 g/mol. The first-order valence-corrected chi connectivity index (χ1v) is 7.68. The van der Waals surface area contributed by atoms with Crippen molar-refractivity contribution in [1.82, 2.24) is 0 Å². The Balaban J connectivity index is 0.000000258. The zero-order valence-electron chi connectivity index (χ0n) is 11.6. The van der Waals surface area contributed by atoms with Gasteiger partial charge in [-0.1, -0.05) is 11.3 Å². The standard InChI is InChI=1S/C11H14NS.CH4O4S/c1-7-5-10-11(6-8(7)2)13-9(3)12(10)4;1-5-6(2,3)4/h5-6H,1-4H3;1H3,(H,2,3,4)/q+1;/p-1. The molecule has 1 aromatic carbocycles. The van der Waals surface area contributed by atoms with E-state index in [2.05, 4.69) is 48.7 Å². The second-order valence-electron chi connectivity index (χ2n) is 4.16. The van der Waals surface area contributed by atoms with Crippen molar-refractivity contribution in [3.63, 3.8) is 0 Å². The molecule has 0 radical (unpaired) electrons. The molecule has 106 valence electrons. The summed E-state index contributed by atoms with van der Waals surface area (Å²) >= 11 is 1.86. The normalized spacial score (nSPS) is 11.3. The molecule has 1 heterocycles. The second kappa shape index (κ2) is 5.96. The Morgan fingerprint density at radius 2 is 1.68 bits per heavy atom. The van der Waals surface area contributed by atoms with E-state index in [0.29, 0.717) is 0 Å². The summed E-state index contributed by atoms with van der Waals surface area (Å²) < 4.78 is 34.7. The van der Waals surface area contributed by atoms with E-state index in [1.165, 1.54) is 26.4 Å². The Morgan fingerprint density at radius 3 is 2.16 bits per heavy atom. The van der Waals surface area contributed by atoms with Crippen LogP contribution in [0.4, 0.5) is 0 Å². The van der Waals surface area contributed by atoms with Crippen LogP contribution in [0, 0.1) is 20.8 Å². The van der Waals surface area contributed by atoms with Gasteiger partial charge in [0.25, 0.3) is 0 Å². The molecule has 0 spiro atoms. The predicted octanol–water partition coefficient (Wildman–Crippen LogP) is 1.74. The van der Waals surface area contributed by atoms with Crippen molar-refractivity contribution >= 4 is 32.0 Å². The lowest BCUT2D eigenvalue weighted by molar-refractivity contribution is -0.646. The maximum Gasteiger partial charge on any atom is 0.234 e. The topological polar surface area (TPSA) is 70.3 Å². The SMILES string of the molecule is COS(=O)(=O)[O-].Cc1cc2sc(C)[n+](C)c2cc1C. The molecule has 2 rings (SSSR count). The number of benzene rings is 1. The number of hydrogen-bond donors (Lipinski definition) is 0. The highest BCUT2D eigenvalue weighted by molar-refractivity contribution is 7.80. The number of hydrogen-bond acceptors (Lipinski definition) is 5. The average Bonchev–Trinajstić information content (AvgIpc) is 2.57. The summed E-state index contributed by atoms with van der Waals surface area (Å²) in [6.45, 7) is 6.50. The van der Waals surface area contributed by atoms with E-state index in [4.69, 9.17) is 0 Å². The van der Waals surface area contributed by atoms with Gasteiger partial charge in [-0.15, -0.1) is 0 Å². The molecule has 0 fully saturated rings. The highest BCUT2D eigenvalue weighted by Gasteiger charge is 2.13. The van der Waals surface area contributed by atoms with Gasteiger partial charge >= 0.3 is 0 Å². The molecule has 19 heavy (non-hydrogen) atoms. The van der Waals surface area contributed by atoms with Gasteiger partial charge in [0.2, 0.25) is 20.9 Å². The van der Waals surface area contributed by atoms with Crippen LogP contribution in [0.3, 0.4) is 0 Å². The minimum Gasteiger partial charge on any atom is -0.726 e. The Kier molecular flexibility index (Phi) is 5.03. The van der Waals surface area contributed by atoms with Crippen LogP contribution < -0.4 is 4.57 Å². The first-order chi connectivity index (χ1) is 8.65. The first kappa shape index (κ1) is 16.0. The van der Waals surface area contributed by atoms with E-state index in [9.17, 15) is 13.0 Å². The van der Waals surface area contributed by atoms with Gasteiger partial charge in [0.1, 0.15) is 11.7 Å². The molecular formula is C12H17NO4S2. The minimum atomic E-state index is -4.41. The van der Waals surface area contributed by atoms with Crippen LogP contribution in [0.2, 0.25) is 0 Å². The molecule has 7 heteroatoms. The number of nitrogens with zero attached hydrogens (tertiary/aromatic N) is 1. The van der Waals surface area contributed by atoms with Crippen LogP contribution in [-0.2, 0) is 21.6 Å². The fraction of sp³-hybridized carbons (Fsp3) is 0.417. The van der Waals surface area contributed by atoms with E-state index in [1.54, 1.807) is 0 Å². The molecule has 1 aromatic heterocycles. The Bertz CT molecular complexity index is 689. The summed E-state index contributed by atoms with van der Waals surface area (Å²) in [5, 5.41) is 1.36. The van der Waals surface area contributed by atoms with Crippen molar-refractivity contribution in [2.45, 2.75) is 20.8 Å². The van der Waals surface area contributed by atoms with E-state index >= 15 is 0 Å². The molecule has 0 aliphatic rings. The Hall–Kier alpha value is -1.02. The molecule has 0 N–H and O–H groups in total. The Labute approximate surface area is 117 Å². The summed E-state index contributed by atoms with van der Waals surface area (Å²) in [5.74, 6) is 0. The van der Waals surface area contributed by atoms with Gasteiger partial charge in [-0.2, -0.15) is 4.57 Å². The molecule has 0 bridgehead atoms. The van der Waals surface area contributed by atoms with Crippen molar-refractivity contribution in [1.29, 1.82) is 0 Å². The monoisotopic (exact) mass is 303 g/mol. The first-order valence-electron chi connectivity index (χ1n) is 5.53.